The minimum Gasteiger partial charge on any atom is -0.334 e. The van der Waals surface area contributed by atoms with Crippen LogP contribution in [0.2, 0.25) is 0 Å². The van der Waals surface area contributed by atoms with Gasteiger partial charge in [0.15, 0.2) is 9.84 Å². The molecule has 0 bridgehead atoms. The molecule has 0 aromatic heterocycles. The molecule has 3 N–H and O–H groups in total. The number of nitrogens with one attached hydrogen (secondary N) is 3. The zero-order valence-corrected chi connectivity index (χ0v) is 14.9. The second-order valence-electron chi connectivity index (χ2n) is 5.44. The van der Waals surface area contributed by atoms with E-state index in [1.165, 1.54) is 0 Å². The third-order valence-electron chi connectivity index (χ3n) is 3.40. The first-order valence-electron chi connectivity index (χ1n) is 7.09. The van der Waals surface area contributed by atoms with Crippen LogP contribution in [0.5, 0.6) is 0 Å². The second kappa shape index (κ2) is 7.31. The van der Waals surface area contributed by atoms with Crippen molar-refractivity contribution in [3.63, 3.8) is 0 Å². The van der Waals surface area contributed by atoms with Gasteiger partial charge in [0, 0.05) is 16.2 Å². The maximum atomic E-state index is 12.0. The van der Waals surface area contributed by atoms with E-state index in [2.05, 4.69) is 31.9 Å². The van der Waals surface area contributed by atoms with Crippen LogP contribution >= 0.6 is 15.9 Å². The summed E-state index contributed by atoms with van der Waals surface area (Å²) in [5.74, 6) is -0.340. The van der Waals surface area contributed by atoms with Crippen LogP contribution in [0.4, 0.5) is 10.5 Å². The molecule has 0 aliphatic carbocycles. The van der Waals surface area contributed by atoms with E-state index in [0.717, 1.165) is 4.47 Å². The van der Waals surface area contributed by atoms with Crippen LogP contribution in [0.3, 0.4) is 0 Å². The molecule has 2 rings (SSSR count). The fourth-order valence-electron chi connectivity index (χ4n) is 2.21. The number of halogens is 1. The molecule has 9 heteroatoms. The Bertz CT molecular complexity index is 708. The van der Waals surface area contributed by atoms with Crippen LogP contribution < -0.4 is 16.0 Å². The topological polar surface area (TPSA) is 104 Å². The number of amides is 3. The largest absolute Gasteiger partial charge is 0.334 e. The molecule has 1 saturated heterocycles. The van der Waals surface area contributed by atoms with Gasteiger partial charge >= 0.3 is 6.03 Å². The fourth-order valence-corrected chi connectivity index (χ4v) is 4.29. The van der Waals surface area contributed by atoms with Crippen LogP contribution in [0.15, 0.2) is 28.7 Å². The summed E-state index contributed by atoms with van der Waals surface area (Å²) in [5, 5.41) is 7.76. The van der Waals surface area contributed by atoms with Crippen molar-refractivity contribution in [1.82, 2.24) is 10.6 Å². The molecule has 1 aliphatic rings. The number of anilines is 1. The summed E-state index contributed by atoms with van der Waals surface area (Å²) in [6.45, 7) is 1.55. The van der Waals surface area contributed by atoms with Gasteiger partial charge in [-0.15, -0.1) is 0 Å². The zero-order valence-electron chi connectivity index (χ0n) is 12.5. The predicted molar refractivity (Wildman–Crippen MR) is 91.0 cm³/mol. The Kier molecular flexibility index (Phi) is 5.64. The van der Waals surface area contributed by atoms with E-state index in [-0.39, 0.29) is 17.4 Å². The Hall–Kier alpha value is -1.61. The molecule has 1 heterocycles. The lowest BCUT2D eigenvalue weighted by atomic mass is 10.2. The number of rotatable bonds is 4. The minimum atomic E-state index is -3.06. The Morgan fingerprint density at radius 2 is 2.09 bits per heavy atom. The highest BCUT2D eigenvalue weighted by Crippen LogP contribution is 2.15. The zero-order chi connectivity index (χ0) is 17.0. The highest BCUT2D eigenvalue weighted by Gasteiger charge is 2.29. The van der Waals surface area contributed by atoms with Gasteiger partial charge in [-0.25, -0.2) is 13.2 Å². The molecule has 1 aromatic carbocycles. The second-order valence-corrected chi connectivity index (χ2v) is 8.58. The van der Waals surface area contributed by atoms with E-state index in [0.29, 0.717) is 12.1 Å². The number of sulfone groups is 1. The summed E-state index contributed by atoms with van der Waals surface area (Å²) in [4.78, 5) is 23.9. The predicted octanol–water partition coefficient (Wildman–Crippen LogP) is 1.26. The van der Waals surface area contributed by atoms with Crippen molar-refractivity contribution in [3.8, 4) is 0 Å². The van der Waals surface area contributed by atoms with E-state index < -0.39 is 28.0 Å². The van der Waals surface area contributed by atoms with Gasteiger partial charge in [-0.2, -0.15) is 0 Å². The monoisotopic (exact) mass is 403 g/mol. The summed E-state index contributed by atoms with van der Waals surface area (Å²) in [6, 6.07) is 5.38. The highest BCUT2D eigenvalue weighted by molar-refractivity contribution is 9.10. The number of hydrogen-bond acceptors (Lipinski definition) is 4. The highest BCUT2D eigenvalue weighted by atomic mass is 79.9. The smallest absolute Gasteiger partial charge is 0.315 e. The molecule has 7 nitrogen and oxygen atoms in total. The van der Waals surface area contributed by atoms with E-state index >= 15 is 0 Å². The lowest BCUT2D eigenvalue weighted by molar-refractivity contribution is -0.117. The molecular formula is C14H18BrN3O4S. The summed E-state index contributed by atoms with van der Waals surface area (Å²) in [6.07, 6.45) is 0.397. The lowest BCUT2D eigenvalue weighted by Gasteiger charge is -2.17. The van der Waals surface area contributed by atoms with Crippen molar-refractivity contribution in [3.05, 3.63) is 28.7 Å². The average Bonchev–Trinajstić information content (AvgIpc) is 2.77. The van der Waals surface area contributed by atoms with Crippen molar-refractivity contribution in [2.45, 2.75) is 25.4 Å². The Labute approximate surface area is 143 Å². The molecule has 126 valence electrons. The number of carbonyl (C=O) groups excluding carboxylic acids is 2. The molecule has 1 aliphatic heterocycles. The summed E-state index contributed by atoms with van der Waals surface area (Å²) in [7, 11) is -3.06. The standard InChI is InChI=1S/C14H18BrN3O4S/c1-9(13(19)17-11-4-2-3-10(15)7-11)16-14(20)18-12-5-6-23(21,22)8-12/h2-4,7,9,12H,5-6,8H2,1H3,(H,17,19)(H2,16,18,20)/t9-,12?/m0/s1. The van der Waals surface area contributed by atoms with Gasteiger partial charge in [0.1, 0.15) is 6.04 Å². The number of hydrogen-bond donors (Lipinski definition) is 3. The summed E-state index contributed by atoms with van der Waals surface area (Å²) >= 11 is 3.31. The van der Waals surface area contributed by atoms with Gasteiger partial charge < -0.3 is 16.0 Å². The lowest BCUT2D eigenvalue weighted by Crippen LogP contribution is -2.49. The maximum absolute atomic E-state index is 12.0. The van der Waals surface area contributed by atoms with E-state index in [9.17, 15) is 18.0 Å². The molecule has 0 spiro atoms. The molecule has 0 saturated carbocycles. The van der Waals surface area contributed by atoms with Gasteiger partial charge in [0.05, 0.1) is 11.5 Å². The molecule has 3 amide bonds. The Morgan fingerprint density at radius 3 is 2.70 bits per heavy atom. The normalized spacial score (nSPS) is 20.5. The van der Waals surface area contributed by atoms with Crippen LogP contribution in [0.1, 0.15) is 13.3 Å². The van der Waals surface area contributed by atoms with Crippen LogP contribution in [0.25, 0.3) is 0 Å². The average molecular weight is 404 g/mol. The van der Waals surface area contributed by atoms with Crippen LogP contribution in [-0.4, -0.2) is 43.9 Å². The van der Waals surface area contributed by atoms with Gasteiger partial charge in [-0.05, 0) is 31.5 Å². The maximum Gasteiger partial charge on any atom is 0.315 e. The van der Waals surface area contributed by atoms with Crippen molar-refractivity contribution in [2.24, 2.45) is 0 Å². The van der Waals surface area contributed by atoms with Gasteiger partial charge in [-0.3, -0.25) is 4.79 Å². The van der Waals surface area contributed by atoms with Crippen molar-refractivity contribution in [2.75, 3.05) is 16.8 Å². The van der Waals surface area contributed by atoms with E-state index in [1.807, 2.05) is 6.07 Å². The van der Waals surface area contributed by atoms with Crippen LogP contribution in [0, 0.1) is 0 Å². The molecular weight excluding hydrogens is 386 g/mol. The molecule has 2 atom stereocenters. The molecule has 1 aromatic rings. The minimum absolute atomic E-state index is 0.0565. The van der Waals surface area contributed by atoms with Gasteiger partial charge in [-0.1, -0.05) is 22.0 Å². The third-order valence-corrected chi connectivity index (χ3v) is 5.66. The first kappa shape index (κ1) is 17.7. The molecule has 1 unspecified atom stereocenters. The van der Waals surface area contributed by atoms with Crippen LogP contribution in [-0.2, 0) is 14.6 Å². The van der Waals surface area contributed by atoms with Crippen molar-refractivity contribution in [1.29, 1.82) is 0 Å². The number of carbonyl (C=O) groups is 2. The number of urea groups is 1. The summed E-state index contributed by atoms with van der Waals surface area (Å²) in [5.41, 5.74) is 0.611. The fraction of sp³-hybridized carbons (Fsp3) is 0.429. The Morgan fingerprint density at radius 1 is 1.35 bits per heavy atom. The molecule has 1 fully saturated rings. The van der Waals surface area contributed by atoms with E-state index in [4.69, 9.17) is 0 Å². The van der Waals surface area contributed by atoms with Crippen molar-refractivity contribution >= 4 is 43.4 Å². The first-order valence-corrected chi connectivity index (χ1v) is 9.70. The van der Waals surface area contributed by atoms with E-state index in [1.54, 1.807) is 25.1 Å². The summed E-state index contributed by atoms with van der Waals surface area (Å²) < 4.78 is 23.5. The van der Waals surface area contributed by atoms with Gasteiger partial charge in [0.25, 0.3) is 0 Å². The quantitative estimate of drug-likeness (QED) is 0.703. The first-order chi connectivity index (χ1) is 10.7. The van der Waals surface area contributed by atoms with Crippen molar-refractivity contribution < 1.29 is 18.0 Å². The molecule has 23 heavy (non-hydrogen) atoms. The van der Waals surface area contributed by atoms with Gasteiger partial charge in [0.2, 0.25) is 5.91 Å². The Balaban J connectivity index is 1.82. The SMILES string of the molecule is C[C@H](NC(=O)NC1CCS(=O)(=O)C1)C(=O)Nc1cccc(Br)c1. The molecule has 0 radical (unpaired) electrons. The number of benzene rings is 1. The third kappa shape index (κ3) is 5.51.